The SMILES string of the molecule is CCc1cc(-c2ccccc2)ccn1.I. The fourth-order valence-corrected chi connectivity index (χ4v) is 1.48. The van der Waals surface area contributed by atoms with E-state index in [9.17, 15) is 0 Å². The molecule has 2 rings (SSSR count). The van der Waals surface area contributed by atoms with E-state index in [1.54, 1.807) is 0 Å². The lowest BCUT2D eigenvalue weighted by molar-refractivity contribution is 1.04. The maximum atomic E-state index is 4.28. The monoisotopic (exact) mass is 311 g/mol. The van der Waals surface area contributed by atoms with E-state index in [1.807, 2.05) is 12.3 Å². The minimum Gasteiger partial charge on any atom is -0.261 e. The summed E-state index contributed by atoms with van der Waals surface area (Å²) < 4.78 is 0. The van der Waals surface area contributed by atoms with Gasteiger partial charge in [0.25, 0.3) is 0 Å². The highest BCUT2D eigenvalue weighted by Crippen LogP contribution is 2.18. The Labute approximate surface area is 108 Å². The van der Waals surface area contributed by atoms with E-state index >= 15 is 0 Å². The Balaban J connectivity index is 0.00000112. The zero-order chi connectivity index (χ0) is 9.80. The Morgan fingerprint density at radius 1 is 1.00 bits per heavy atom. The molecule has 0 saturated heterocycles. The van der Waals surface area contributed by atoms with Gasteiger partial charge in [-0.25, -0.2) is 0 Å². The first-order valence-electron chi connectivity index (χ1n) is 4.90. The molecule has 0 radical (unpaired) electrons. The van der Waals surface area contributed by atoms with Crippen LogP contribution >= 0.6 is 24.0 Å². The van der Waals surface area contributed by atoms with Gasteiger partial charge in [0.05, 0.1) is 0 Å². The second-order valence-corrected chi connectivity index (χ2v) is 3.26. The Morgan fingerprint density at radius 2 is 1.73 bits per heavy atom. The van der Waals surface area contributed by atoms with Gasteiger partial charge in [0, 0.05) is 11.9 Å². The third kappa shape index (κ3) is 3.02. The number of aromatic nitrogens is 1. The molecule has 0 N–H and O–H groups in total. The number of aryl methyl sites for hydroxylation is 1. The van der Waals surface area contributed by atoms with Gasteiger partial charge in [0.2, 0.25) is 0 Å². The smallest absolute Gasteiger partial charge is 0.0407 e. The molecule has 1 aromatic carbocycles. The summed E-state index contributed by atoms with van der Waals surface area (Å²) in [6.07, 6.45) is 2.86. The summed E-state index contributed by atoms with van der Waals surface area (Å²) in [5.41, 5.74) is 3.65. The fraction of sp³-hybridized carbons (Fsp3) is 0.154. The zero-order valence-electron chi connectivity index (χ0n) is 8.68. The van der Waals surface area contributed by atoms with Crippen LogP contribution in [0.4, 0.5) is 0 Å². The highest BCUT2D eigenvalue weighted by Gasteiger charge is 1.97. The van der Waals surface area contributed by atoms with Crippen LogP contribution in [0.25, 0.3) is 11.1 Å². The van der Waals surface area contributed by atoms with Gasteiger partial charge >= 0.3 is 0 Å². The third-order valence-electron chi connectivity index (χ3n) is 2.29. The molecule has 0 unspecified atom stereocenters. The van der Waals surface area contributed by atoms with E-state index in [1.165, 1.54) is 11.1 Å². The molecule has 0 spiro atoms. The fourth-order valence-electron chi connectivity index (χ4n) is 1.48. The first-order chi connectivity index (χ1) is 6.90. The maximum Gasteiger partial charge on any atom is 0.0407 e. The molecule has 0 saturated carbocycles. The van der Waals surface area contributed by atoms with Crippen molar-refractivity contribution < 1.29 is 0 Å². The van der Waals surface area contributed by atoms with E-state index in [0.717, 1.165) is 12.1 Å². The van der Waals surface area contributed by atoms with Crippen LogP contribution in [0.15, 0.2) is 48.7 Å². The number of hydrogen-bond acceptors (Lipinski definition) is 1. The zero-order valence-corrected chi connectivity index (χ0v) is 11.0. The molecule has 0 atom stereocenters. The Kier molecular flexibility index (Phi) is 4.75. The van der Waals surface area contributed by atoms with Crippen molar-refractivity contribution in [3.63, 3.8) is 0 Å². The van der Waals surface area contributed by atoms with Crippen molar-refractivity contribution in [3.8, 4) is 11.1 Å². The van der Waals surface area contributed by atoms with E-state index < -0.39 is 0 Å². The summed E-state index contributed by atoms with van der Waals surface area (Å²) in [6, 6.07) is 14.6. The number of pyridine rings is 1. The van der Waals surface area contributed by atoms with Crippen LogP contribution < -0.4 is 0 Å². The lowest BCUT2D eigenvalue weighted by Crippen LogP contribution is -1.86. The molecule has 0 fully saturated rings. The maximum absolute atomic E-state index is 4.28. The predicted octanol–water partition coefficient (Wildman–Crippen LogP) is 3.93. The lowest BCUT2D eigenvalue weighted by Gasteiger charge is -2.02. The van der Waals surface area contributed by atoms with E-state index in [2.05, 4.69) is 48.3 Å². The van der Waals surface area contributed by atoms with Gasteiger partial charge in [0.1, 0.15) is 0 Å². The largest absolute Gasteiger partial charge is 0.261 e. The topological polar surface area (TPSA) is 12.9 Å². The number of nitrogens with zero attached hydrogens (tertiary/aromatic N) is 1. The molecule has 1 heterocycles. The first kappa shape index (κ1) is 12.2. The number of hydrogen-bond donors (Lipinski definition) is 0. The van der Waals surface area contributed by atoms with Gasteiger partial charge in [-0.15, -0.1) is 24.0 Å². The van der Waals surface area contributed by atoms with Crippen LogP contribution in [0.3, 0.4) is 0 Å². The number of halogens is 1. The van der Waals surface area contributed by atoms with Crippen LogP contribution in [-0.2, 0) is 6.42 Å². The predicted molar refractivity (Wildman–Crippen MR) is 74.5 cm³/mol. The minimum absolute atomic E-state index is 0. The molecular weight excluding hydrogens is 297 g/mol. The molecule has 1 nitrogen and oxygen atoms in total. The van der Waals surface area contributed by atoms with E-state index in [4.69, 9.17) is 0 Å². The van der Waals surface area contributed by atoms with Crippen molar-refractivity contribution in [1.82, 2.24) is 4.98 Å². The Morgan fingerprint density at radius 3 is 2.40 bits per heavy atom. The minimum atomic E-state index is 0. The van der Waals surface area contributed by atoms with Gasteiger partial charge < -0.3 is 0 Å². The molecular formula is C13H14IN. The summed E-state index contributed by atoms with van der Waals surface area (Å²) in [4.78, 5) is 4.28. The van der Waals surface area contributed by atoms with Gasteiger partial charge in [-0.1, -0.05) is 37.3 Å². The second-order valence-electron chi connectivity index (χ2n) is 3.26. The normalized spacial score (nSPS) is 9.40. The second kappa shape index (κ2) is 5.85. The summed E-state index contributed by atoms with van der Waals surface area (Å²) in [5, 5.41) is 0. The number of benzene rings is 1. The Hall–Kier alpha value is -0.900. The Bertz CT molecular complexity index is 412. The molecule has 1 aromatic heterocycles. The summed E-state index contributed by atoms with van der Waals surface area (Å²) in [6.45, 7) is 2.12. The summed E-state index contributed by atoms with van der Waals surface area (Å²) in [5.74, 6) is 0. The molecule has 0 aliphatic heterocycles. The highest BCUT2D eigenvalue weighted by atomic mass is 127. The molecule has 0 amide bonds. The average molecular weight is 311 g/mol. The lowest BCUT2D eigenvalue weighted by atomic mass is 10.1. The molecule has 0 bridgehead atoms. The molecule has 2 aromatic rings. The van der Waals surface area contributed by atoms with Crippen LogP contribution in [0.5, 0.6) is 0 Å². The molecule has 0 aliphatic carbocycles. The van der Waals surface area contributed by atoms with Crippen molar-refractivity contribution in [1.29, 1.82) is 0 Å². The van der Waals surface area contributed by atoms with E-state index in [-0.39, 0.29) is 24.0 Å². The van der Waals surface area contributed by atoms with Crippen LogP contribution in [0, 0.1) is 0 Å². The molecule has 0 aliphatic rings. The van der Waals surface area contributed by atoms with Gasteiger partial charge in [-0.3, -0.25) is 4.98 Å². The molecule has 15 heavy (non-hydrogen) atoms. The third-order valence-corrected chi connectivity index (χ3v) is 2.29. The number of rotatable bonds is 2. The van der Waals surface area contributed by atoms with Crippen molar-refractivity contribution in [2.24, 2.45) is 0 Å². The van der Waals surface area contributed by atoms with Crippen LogP contribution in [-0.4, -0.2) is 4.98 Å². The van der Waals surface area contributed by atoms with Crippen molar-refractivity contribution in [2.45, 2.75) is 13.3 Å². The quantitative estimate of drug-likeness (QED) is 0.766. The molecule has 2 heteroatoms. The van der Waals surface area contributed by atoms with Gasteiger partial charge in [-0.05, 0) is 29.7 Å². The average Bonchev–Trinajstić information content (AvgIpc) is 2.30. The standard InChI is InChI=1S/C13H13N.HI/c1-2-13-10-12(8-9-14-13)11-6-4-3-5-7-11;/h3-10H,2H2,1H3;1H. The van der Waals surface area contributed by atoms with Crippen molar-refractivity contribution in [2.75, 3.05) is 0 Å². The summed E-state index contributed by atoms with van der Waals surface area (Å²) >= 11 is 0. The van der Waals surface area contributed by atoms with Crippen LogP contribution in [0.2, 0.25) is 0 Å². The van der Waals surface area contributed by atoms with E-state index in [0.29, 0.717) is 0 Å². The highest BCUT2D eigenvalue weighted by molar-refractivity contribution is 14.0. The first-order valence-corrected chi connectivity index (χ1v) is 4.90. The summed E-state index contributed by atoms with van der Waals surface area (Å²) in [7, 11) is 0. The van der Waals surface area contributed by atoms with Crippen molar-refractivity contribution >= 4 is 24.0 Å². The molecule has 78 valence electrons. The van der Waals surface area contributed by atoms with Gasteiger partial charge in [-0.2, -0.15) is 0 Å². The van der Waals surface area contributed by atoms with Crippen molar-refractivity contribution in [3.05, 3.63) is 54.4 Å². The van der Waals surface area contributed by atoms with Crippen LogP contribution in [0.1, 0.15) is 12.6 Å². The van der Waals surface area contributed by atoms with Gasteiger partial charge in [0.15, 0.2) is 0 Å².